The summed E-state index contributed by atoms with van der Waals surface area (Å²) in [6, 6.07) is 22.4. The maximum atomic E-state index is 13.1. The Morgan fingerprint density at radius 3 is 2.39 bits per heavy atom. The number of carbonyl (C=O) groups excluding carboxylic acids is 2. The number of carbonyl (C=O) groups is 3. The number of benzene rings is 3. The Bertz CT molecular complexity index is 1480. The van der Waals surface area contributed by atoms with E-state index in [0.717, 1.165) is 22.0 Å². The van der Waals surface area contributed by atoms with Gasteiger partial charge in [0, 0.05) is 29.8 Å². The van der Waals surface area contributed by atoms with Crippen LogP contribution in [-0.2, 0) is 21.5 Å². The van der Waals surface area contributed by atoms with E-state index in [4.69, 9.17) is 10.2 Å². The van der Waals surface area contributed by atoms with Crippen LogP contribution in [0.25, 0.3) is 16.5 Å². The summed E-state index contributed by atoms with van der Waals surface area (Å²) in [6.45, 7) is 6.37. The van der Waals surface area contributed by atoms with Gasteiger partial charge >= 0.3 is 12.0 Å². The maximum Gasteiger partial charge on any atom is 0.324 e. The van der Waals surface area contributed by atoms with Gasteiger partial charge in [0.05, 0.1) is 23.5 Å². The Morgan fingerprint density at radius 1 is 0.895 bits per heavy atom. The second kappa shape index (κ2) is 11.2. The van der Waals surface area contributed by atoms with Gasteiger partial charge in [0.1, 0.15) is 5.82 Å². The number of nitrogens with zero attached hydrogens (tertiary/aromatic N) is 2. The molecule has 0 spiro atoms. The van der Waals surface area contributed by atoms with E-state index < -0.39 is 12.0 Å². The molecule has 1 aromatic heterocycles. The molecule has 0 atom stereocenters. The van der Waals surface area contributed by atoms with Crippen molar-refractivity contribution in [1.82, 2.24) is 15.1 Å². The van der Waals surface area contributed by atoms with Gasteiger partial charge in [-0.3, -0.25) is 14.9 Å². The molecule has 4 N–H and O–H groups in total. The average Bonchev–Trinajstić information content (AvgIpc) is 3.31. The van der Waals surface area contributed by atoms with Crippen LogP contribution in [0.15, 0.2) is 72.8 Å². The molecule has 0 bridgehead atoms. The molecule has 0 saturated heterocycles. The van der Waals surface area contributed by atoms with E-state index in [1.165, 1.54) is 0 Å². The number of nitrogens with one attached hydrogen (secondary N) is 3. The molecule has 4 rings (SSSR count). The lowest BCUT2D eigenvalue weighted by Crippen LogP contribution is -2.23. The number of rotatable bonds is 8. The Kier molecular flexibility index (Phi) is 7.76. The zero-order valence-corrected chi connectivity index (χ0v) is 21.6. The number of anilines is 2. The van der Waals surface area contributed by atoms with Crippen molar-refractivity contribution < 1.29 is 19.5 Å². The van der Waals surface area contributed by atoms with Gasteiger partial charge in [-0.1, -0.05) is 69.3 Å². The van der Waals surface area contributed by atoms with Crippen LogP contribution < -0.4 is 16.0 Å². The topological polar surface area (TPSA) is 125 Å². The second-order valence-corrected chi connectivity index (χ2v) is 10.0. The Labute approximate surface area is 220 Å². The molecule has 38 heavy (non-hydrogen) atoms. The van der Waals surface area contributed by atoms with Gasteiger partial charge in [-0.2, -0.15) is 5.10 Å². The smallest absolute Gasteiger partial charge is 0.324 e. The fourth-order valence-electron chi connectivity index (χ4n) is 3.95. The Balaban J connectivity index is 1.56. The van der Waals surface area contributed by atoms with Crippen molar-refractivity contribution in [1.29, 1.82) is 0 Å². The summed E-state index contributed by atoms with van der Waals surface area (Å²) >= 11 is 0. The standard InChI is InChI=1S/C29H31N5O4/c1-29(2,3)24-17-25(32-28(38)31-23-13-7-10-20-9-4-5-12-22(20)23)34(33-24)21-11-6-8-19(16-21)18-30-26(35)14-15-27(36)37/h4-13,16-17H,14-15,18H2,1-3H3,(H,30,35)(H,36,37)(H2,31,32,38). The van der Waals surface area contributed by atoms with Crippen LogP contribution in [0.3, 0.4) is 0 Å². The molecule has 0 aliphatic heterocycles. The third-order valence-electron chi connectivity index (χ3n) is 5.97. The van der Waals surface area contributed by atoms with Gasteiger partial charge in [0.15, 0.2) is 0 Å². The SMILES string of the molecule is CC(C)(C)c1cc(NC(=O)Nc2cccc3ccccc23)n(-c2cccc(CNC(=O)CCC(=O)O)c2)n1. The number of amides is 3. The number of aromatic nitrogens is 2. The van der Waals surface area contributed by atoms with Crippen LogP contribution in [0.1, 0.15) is 44.9 Å². The first-order valence-electron chi connectivity index (χ1n) is 12.3. The van der Waals surface area contributed by atoms with Gasteiger partial charge < -0.3 is 15.7 Å². The normalized spacial score (nSPS) is 11.2. The number of fused-ring (bicyclic) bond motifs is 1. The van der Waals surface area contributed by atoms with Crippen molar-refractivity contribution in [2.75, 3.05) is 10.6 Å². The van der Waals surface area contributed by atoms with Crippen molar-refractivity contribution in [3.05, 3.63) is 84.1 Å². The summed E-state index contributed by atoms with van der Waals surface area (Å²) in [7, 11) is 0. The molecular formula is C29H31N5O4. The number of aliphatic carboxylic acids is 1. The van der Waals surface area contributed by atoms with Crippen molar-refractivity contribution in [2.45, 2.75) is 45.6 Å². The largest absolute Gasteiger partial charge is 0.481 e. The molecule has 3 amide bonds. The van der Waals surface area contributed by atoms with Crippen LogP contribution in [0, 0.1) is 0 Å². The van der Waals surface area contributed by atoms with Crippen molar-refractivity contribution in [3.8, 4) is 5.69 Å². The lowest BCUT2D eigenvalue weighted by atomic mass is 9.92. The van der Waals surface area contributed by atoms with Crippen LogP contribution in [0.4, 0.5) is 16.3 Å². The highest BCUT2D eigenvalue weighted by Gasteiger charge is 2.22. The summed E-state index contributed by atoms with van der Waals surface area (Å²) in [6.07, 6.45) is -0.298. The monoisotopic (exact) mass is 513 g/mol. The third-order valence-corrected chi connectivity index (χ3v) is 5.97. The minimum atomic E-state index is -1.01. The molecular weight excluding hydrogens is 482 g/mol. The predicted octanol–water partition coefficient (Wildman–Crippen LogP) is 5.45. The highest BCUT2D eigenvalue weighted by atomic mass is 16.4. The van der Waals surface area contributed by atoms with Crippen molar-refractivity contribution in [2.24, 2.45) is 0 Å². The van der Waals surface area contributed by atoms with Gasteiger partial charge in [0.25, 0.3) is 0 Å². The summed E-state index contributed by atoms with van der Waals surface area (Å²) in [5.74, 6) is -0.852. The fourth-order valence-corrected chi connectivity index (χ4v) is 3.95. The first-order chi connectivity index (χ1) is 18.1. The highest BCUT2D eigenvalue weighted by Crippen LogP contribution is 2.27. The minimum Gasteiger partial charge on any atom is -0.481 e. The van der Waals surface area contributed by atoms with Gasteiger partial charge in [0.2, 0.25) is 5.91 Å². The van der Waals surface area contributed by atoms with Crippen LogP contribution >= 0.6 is 0 Å². The third kappa shape index (κ3) is 6.56. The number of urea groups is 1. The summed E-state index contributed by atoms with van der Waals surface area (Å²) in [4.78, 5) is 35.7. The molecule has 3 aromatic carbocycles. The molecule has 4 aromatic rings. The van der Waals surface area contributed by atoms with E-state index in [1.807, 2.05) is 93.6 Å². The lowest BCUT2D eigenvalue weighted by Gasteiger charge is -2.14. The van der Waals surface area contributed by atoms with Crippen LogP contribution in [0.5, 0.6) is 0 Å². The van der Waals surface area contributed by atoms with E-state index >= 15 is 0 Å². The number of carboxylic acids is 1. The number of hydrogen-bond acceptors (Lipinski definition) is 4. The minimum absolute atomic E-state index is 0.0804. The average molecular weight is 514 g/mol. The molecule has 0 unspecified atom stereocenters. The zero-order chi connectivity index (χ0) is 27.3. The highest BCUT2D eigenvalue weighted by molar-refractivity contribution is 6.06. The molecule has 0 radical (unpaired) electrons. The zero-order valence-electron chi connectivity index (χ0n) is 21.6. The van der Waals surface area contributed by atoms with E-state index in [0.29, 0.717) is 17.2 Å². The molecule has 9 heteroatoms. The van der Waals surface area contributed by atoms with Gasteiger partial charge in [-0.05, 0) is 29.1 Å². The Morgan fingerprint density at radius 2 is 1.63 bits per heavy atom. The first-order valence-corrected chi connectivity index (χ1v) is 12.3. The van der Waals surface area contributed by atoms with Crippen LogP contribution in [-0.4, -0.2) is 32.8 Å². The van der Waals surface area contributed by atoms with Gasteiger partial charge in [-0.15, -0.1) is 0 Å². The molecule has 196 valence electrons. The van der Waals surface area contributed by atoms with Crippen molar-refractivity contribution in [3.63, 3.8) is 0 Å². The number of hydrogen-bond donors (Lipinski definition) is 4. The first kappa shape index (κ1) is 26.4. The molecule has 0 saturated carbocycles. The predicted molar refractivity (Wildman–Crippen MR) is 148 cm³/mol. The van der Waals surface area contributed by atoms with Gasteiger partial charge in [-0.25, -0.2) is 9.48 Å². The summed E-state index contributed by atoms with van der Waals surface area (Å²) in [5, 5.41) is 24.1. The molecule has 0 aliphatic carbocycles. The maximum absolute atomic E-state index is 13.1. The molecule has 0 fully saturated rings. The van der Waals surface area contributed by atoms with Crippen molar-refractivity contribution >= 4 is 40.2 Å². The van der Waals surface area contributed by atoms with E-state index in [2.05, 4.69) is 16.0 Å². The second-order valence-electron chi connectivity index (χ2n) is 10.0. The van der Waals surface area contributed by atoms with Crippen LogP contribution in [0.2, 0.25) is 0 Å². The lowest BCUT2D eigenvalue weighted by molar-refractivity contribution is -0.138. The fraction of sp³-hybridized carbons (Fsp3) is 0.241. The molecule has 0 aliphatic rings. The number of carboxylic acid groups (broad SMARTS) is 1. The molecule has 1 heterocycles. The van der Waals surface area contributed by atoms with E-state index in [1.54, 1.807) is 4.68 Å². The summed E-state index contributed by atoms with van der Waals surface area (Å²) in [5.41, 5.74) is 2.75. The Hall–Kier alpha value is -4.66. The van der Waals surface area contributed by atoms with E-state index in [-0.39, 0.29) is 30.7 Å². The summed E-state index contributed by atoms with van der Waals surface area (Å²) < 4.78 is 1.67. The quantitative estimate of drug-likeness (QED) is 0.249. The molecule has 9 nitrogen and oxygen atoms in total. The van der Waals surface area contributed by atoms with E-state index in [9.17, 15) is 14.4 Å².